The number of benzene rings is 1. The van der Waals surface area contributed by atoms with E-state index < -0.39 is 5.97 Å². The van der Waals surface area contributed by atoms with Crippen LogP contribution < -0.4 is 0 Å². The molecule has 3 rings (SSSR count). The molecule has 1 aromatic carbocycles. The number of rotatable bonds is 8. The molecule has 0 amide bonds. The Bertz CT molecular complexity index is 900. The van der Waals surface area contributed by atoms with Gasteiger partial charge in [-0.25, -0.2) is 4.79 Å². The maximum Gasteiger partial charge on any atom is 0.373 e. The summed E-state index contributed by atoms with van der Waals surface area (Å²) in [5.41, 5.74) is 0.872. The van der Waals surface area contributed by atoms with Gasteiger partial charge in [-0.2, -0.15) is 4.98 Å². The number of carbonyl (C=O) groups is 2. The minimum atomic E-state index is -0.581. The van der Waals surface area contributed by atoms with Crippen LogP contribution in [0.4, 0.5) is 0 Å². The molecule has 3 aromatic rings. The summed E-state index contributed by atoms with van der Waals surface area (Å²) in [5.74, 6) is 0.459. The van der Waals surface area contributed by atoms with Crippen LogP contribution in [-0.2, 0) is 27.3 Å². The van der Waals surface area contributed by atoms with Crippen molar-refractivity contribution < 1.29 is 28.0 Å². The highest BCUT2D eigenvalue weighted by Crippen LogP contribution is 2.16. The van der Waals surface area contributed by atoms with Crippen LogP contribution in [0.1, 0.15) is 35.0 Å². The second-order valence-corrected chi connectivity index (χ2v) is 5.65. The molecule has 2 heterocycles. The SMILES string of the molecule is COC(=O)c1ccc(COC(=O)CCCc2nc(-c3ccccc3)no2)o1. The molecule has 0 unspecified atom stereocenters. The van der Waals surface area contributed by atoms with E-state index in [1.807, 2.05) is 30.3 Å². The van der Waals surface area contributed by atoms with Gasteiger partial charge in [-0.3, -0.25) is 4.79 Å². The second kappa shape index (κ2) is 8.79. The molecule has 2 aromatic heterocycles. The molecule has 8 nitrogen and oxygen atoms in total. The Balaban J connectivity index is 1.40. The Hall–Kier alpha value is -3.42. The molecular formula is C19H18N2O6. The predicted molar refractivity (Wildman–Crippen MR) is 92.5 cm³/mol. The summed E-state index contributed by atoms with van der Waals surface area (Å²) in [6.45, 7) is -0.0471. The first kappa shape index (κ1) is 18.4. The molecular weight excluding hydrogens is 352 g/mol. The molecule has 8 heteroatoms. The zero-order chi connectivity index (χ0) is 19.1. The van der Waals surface area contributed by atoms with Gasteiger partial charge in [-0.1, -0.05) is 35.5 Å². The van der Waals surface area contributed by atoms with Crippen molar-refractivity contribution in [2.24, 2.45) is 0 Å². The average molecular weight is 370 g/mol. The van der Waals surface area contributed by atoms with Crippen LogP contribution in [0.25, 0.3) is 11.4 Å². The molecule has 0 aliphatic rings. The summed E-state index contributed by atoms with van der Waals surface area (Å²) < 4.78 is 20.1. The van der Waals surface area contributed by atoms with Crippen molar-refractivity contribution in [3.05, 3.63) is 59.9 Å². The van der Waals surface area contributed by atoms with Gasteiger partial charge in [0.25, 0.3) is 0 Å². The number of hydrogen-bond donors (Lipinski definition) is 0. The average Bonchev–Trinajstić information content (AvgIpc) is 3.36. The Labute approximate surface area is 155 Å². The van der Waals surface area contributed by atoms with E-state index in [4.69, 9.17) is 13.7 Å². The monoisotopic (exact) mass is 370 g/mol. The van der Waals surface area contributed by atoms with Gasteiger partial charge < -0.3 is 18.4 Å². The van der Waals surface area contributed by atoms with Gasteiger partial charge >= 0.3 is 11.9 Å². The number of esters is 2. The van der Waals surface area contributed by atoms with Crippen LogP contribution in [0.15, 0.2) is 51.4 Å². The molecule has 0 saturated heterocycles. The van der Waals surface area contributed by atoms with Gasteiger partial charge in [0.1, 0.15) is 12.4 Å². The summed E-state index contributed by atoms with van der Waals surface area (Å²) in [5, 5.41) is 3.93. The van der Waals surface area contributed by atoms with Crippen molar-refractivity contribution in [1.82, 2.24) is 10.1 Å². The fraction of sp³-hybridized carbons (Fsp3) is 0.263. The summed E-state index contributed by atoms with van der Waals surface area (Å²) >= 11 is 0. The van der Waals surface area contributed by atoms with E-state index in [9.17, 15) is 9.59 Å². The van der Waals surface area contributed by atoms with Crippen LogP contribution in [0, 0.1) is 0 Å². The third-order valence-corrected chi connectivity index (χ3v) is 3.70. The standard InChI is InChI=1S/C19H18N2O6/c1-24-19(23)15-11-10-14(26-15)12-25-17(22)9-5-8-16-20-18(21-27-16)13-6-3-2-4-7-13/h2-4,6-7,10-11H,5,8-9,12H2,1H3. The van der Waals surface area contributed by atoms with Crippen molar-refractivity contribution in [2.75, 3.05) is 7.11 Å². The molecule has 0 radical (unpaired) electrons. The zero-order valence-corrected chi connectivity index (χ0v) is 14.7. The minimum Gasteiger partial charge on any atom is -0.463 e. The first-order chi connectivity index (χ1) is 13.2. The Morgan fingerprint density at radius 1 is 1.11 bits per heavy atom. The Morgan fingerprint density at radius 2 is 1.93 bits per heavy atom. The topological polar surface area (TPSA) is 105 Å². The molecule has 27 heavy (non-hydrogen) atoms. The smallest absolute Gasteiger partial charge is 0.373 e. The second-order valence-electron chi connectivity index (χ2n) is 5.65. The van der Waals surface area contributed by atoms with Gasteiger partial charge in [0.2, 0.25) is 17.5 Å². The molecule has 140 valence electrons. The van der Waals surface area contributed by atoms with Gasteiger partial charge in [0.05, 0.1) is 7.11 Å². The molecule has 0 saturated carbocycles. The van der Waals surface area contributed by atoms with E-state index in [0.717, 1.165) is 5.56 Å². The van der Waals surface area contributed by atoms with E-state index in [0.29, 0.717) is 30.3 Å². The quantitative estimate of drug-likeness (QED) is 0.557. The summed E-state index contributed by atoms with van der Waals surface area (Å²) in [6.07, 6.45) is 1.19. The van der Waals surface area contributed by atoms with Crippen molar-refractivity contribution in [3.8, 4) is 11.4 Å². The van der Waals surface area contributed by atoms with E-state index in [2.05, 4.69) is 14.9 Å². The number of hydrogen-bond acceptors (Lipinski definition) is 8. The molecule has 0 fully saturated rings. The Kier molecular flexibility index (Phi) is 5.98. The van der Waals surface area contributed by atoms with E-state index >= 15 is 0 Å². The van der Waals surface area contributed by atoms with Gasteiger partial charge in [-0.05, 0) is 18.6 Å². The molecule has 0 N–H and O–H groups in total. The highest BCUT2D eigenvalue weighted by Gasteiger charge is 2.13. The number of aromatic nitrogens is 2. The third-order valence-electron chi connectivity index (χ3n) is 3.70. The first-order valence-electron chi connectivity index (χ1n) is 8.36. The lowest BCUT2D eigenvalue weighted by molar-refractivity contribution is -0.145. The fourth-order valence-corrected chi connectivity index (χ4v) is 2.33. The fourth-order valence-electron chi connectivity index (χ4n) is 2.33. The van der Waals surface area contributed by atoms with Crippen LogP contribution in [0.2, 0.25) is 0 Å². The number of methoxy groups -OCH3 is 1. The first-order valence-corrected chi connectivity index (χ1v) is 8.36. The third kappa shape index (κ3) is 5.04. The van der Waals surface area contributed by atoms with Crippen molar-refractivity contribution >= 4 is 11.9 Å². The number of carbonyl (C=O) groups excluding carboxylic acids is 2. The van der Waals surface area contributed by atoms with Gasteiger partial charge in [0.15, 0.2) is 0 Å². The van der Waals surface area contributed by atoms with E-state index in [-0.39, 0.29) is 24.8 Å². The van der Waals surface area contributed by atoms with E-state index in [1.54, 1.807) is 6.07 Å². The summed E-state index contributed by atoms with van der Waals surface area (Å²) in [7, 11) is 1.26. The van der Waals surface area contributed by atoms with Crippen LogP contribution >= 0.6 is 0 Å². The Morgan fingerprint density at radius 3 is 2.70 bits per heavy atom. The lowest BCUT2D eigenvalue weighted by Gasteiger charge is -2.02. The van der Waals surface area contributed by atoms with Crippen LogP contribution in [-0.4, -0.2) is 29.2 Å². The zero-order valence-electron chi connectivity index (χ0n) is 14.7. The maximum absolute atomic E-state index is 11.8. The summed E-state index contributed by atoms with van der Waals surface area (Å²) in [4.78, 5) is 27.4. The van der Waals surface area contributed by atoms with Crippen LogP contribution in [0.5, 0.6) is 0 Å². The molecule has 0 bridgehead atoms. The molecule has 0 spiro atoms. The molecule has 0 aliphatic carbocycles. The normalized spacial score (nSPS) is 10.6. The minimum absolute atomic E-state index is 0.0471. The summed E-state index contributed by atoms with van der Waals surface area (Å²) in [6, 6.07) is 12.5. The number of furan rings is 1. The molecule has 0 atom stereocenters. The number of aryl methyl sites for hydroxylation is 1. The number of nitrogens with zero attached hydrogens (tertiary/aromatic N) is 2. The lowest BCUT2D eigenvalue weighted by Crippen LogP contribution is -2.05. The number of ether oxygens (including phenoxy) is 2. The largest absolute Gasteiger partial charge is 0.463 e. The maximum atomic E-state index is 11.8. The highest BCUT2D eigenvalue weighted by atomic mass is 16.5. The van der Waals surface area contributed by atoms with Crippen molar-refractivity contribution in [3.63, 3.8) is 0 Å². The van der Waals surface area contributed by atoms with Gasteiger partial charge in [-0.15, -0.1) is 0 Å². The highest BCUT2D eigenvalue weighted by molar-refractivity contribution is 5.86. The van der Waals surface area contributed by atoms with Crippen molar-refractivity contribution in [2.45, 2.75) is 25.9 Å². The molecule has 0 aliphatic heterocycles. The van der Waals surface area contributed by atoms with Gasteiger partial charge in [0, 0.05) is 18.4 Å². The van der Waals surface area contributed by atoms with E-state index in [1.165, 1.54) is 13.2 Å². The van der Waals surface area contributed by atoms with Crippen LogP contribution in [0.3, 0.4) is 0 Å². The van der Waals surface area contributed by atoms with Crippen molar-refractivity contribution in [1.29, 1.82) is 0 Å². The lowest BCUT2D eigenvalue weighted by atomic mass is 10.2. The predicted octanol–water partition coefficient (Wildman–Crippen LogP) is 3.18.